The van der Waals surface area contributed by atoms with E-state index in [2.05, 4.69) is 41.9 Å². The number of hydrogen-bond acceptors (Lipinski definition) is 3. The van der Waals surface area contributed by atoms with Gasteiger partial charge in [-0.15, -0.1) is 0 Å². The zero-order chi connectivity index (χ0) is 19.0. The molecule has 0 bridgehead atoms. The maximum absolute atomic E-state index is 11.9. The van der Waals surface area contributed by atoms with E-state index in [9.17, 15) is 9.90 Å². The molecule has 4 rings (SSSR count). The third-order valence-corrected chi connectivity index (χ3v) is 5.23. The molecule has 5 nitrogen and oxygen atoms in total. The van der Waals surface area contributed by atoms with E-state index >= 15 is 0 Å². The molecular formula is C22H24N2O3. The fraction of sp³-hybridized carbons (Fsp3) is 0.318. The number of aromatic carboxylic acids is 1. The second-order valence-electron chi connectivity index (χ2n) is 7.25. The number of fused-ring (bicyclic) bond motifs is 1. The summed E-state index contributed by atoms with van der Waals surface area (Å²) in [6.07, 6.45) is 0. The van der Waals surface area contributed by atoms with Crippen LogP contribution in [0, 0.1) is 0 Å². The largest absolute Gasteiger partial charge is 0.477 e. The lowest BCUT2D eigenvalue weighted by Gasteiger charge is -2.28. The van der Waals surface area contributed by atoms with Crippen LogP contribution in [0.2, 0.25) is 0 Å². The summed E-state index contributed by atoms with van der Waals surface area (Å²) in [5.74, 6) is -0.626. The molecule has 27 heavy (non-hydrogen) atoms. The number of carboxylic acids is 1. The third-order valence-electron chi connectivity index (χ3n) is 5.23. The maximum Gasteiger partial charge on any atom is 0.352 e. The van der Waals surface area contributed by atoms with Gasteiger partial charge in [0.2, 0.25) is 0 Å². The molecule has 0 aliphatic carbocycles. The number of para-hydroxylation sites is 1. The smallest absolute Gasteiger partial charge is 0.352 e. The molecule has 0 amide bonds. The number of aromatic amines is 1. The minimum atomic E-state index is -0.937. The van der Waals surface area contributed by atoms with Crippen molar-refractivity contribution >= 4 is 22.6 Å². The Labute approximate surface area is 158 Å². The van der Waals surface area contributed by atoms with E-state index in [4.69, 9.17) is 4.74 Å². The number of nitrogens with zero attached hydrogens (tertiary/aromatic N) is 1. The molecule has 0 spiro atoms. The van der Waals surface area contributed by atoms with E-state index in [0.717, 1.165) is 59.6 Å². The minimum Gasteiger partial charge on any atom is -0.477 e. The average Bonchev–Trinajstić information content (AvgIpc) is 3.08. The van der Waals surface area contributed by atoms with Crippen molar-refractivity contribution in [2.45, 2.75) is 19.8 Å². The van der Waals surface area contributed by atoms with Crippen LogP contribution in [0.4, 0.5) is 5.69 Å². The van der Waals surface area contributed by atoms with Gasteiger partial charge in [0.1, 0.15) is 5.69 Å². The summed E-state index contributed by atoms with van der Waals surface area (Å²) in [6, 6.07) is 14.2. The summed E-state index contributed by atoms with van der Waals surface area (Å²) in [6.45, 7) is 7.48. The lowest BCUT2D eigenvalue weighted by molar-refractivity contribution is 0.0692. The van der Waals surface area contributed by atoms with Crippen molar-refractivity contribution in [1.29, 1.82) is 0 Å². The van der Waals surface area contributed by atoms with Crippen molar-refractivity contribution in [1.82, 2.24) is 4.98 Å². The Kier molecular flexibility index (Phi) is 4.62. The van der Waals surface area contributed by atoms with Crippen molar-refractivity contribution in [2.24, 2.45) is 0 Å². The number of ether oxygens (including phenoxy) is 1. The van der Waals surface area contributed by atoms with Crippen molar-refractivity contribution in [3.8, 4) is 11.1 Å². The van der Waals surface area contributed by atoms with Crippen LogP contribution in [-0.2, 0) is 4.74 Å². The molecule has 5 heteroatoms. The monoisotopic (exact) mass is 364 g/mol. The van der Waals surface area contributed by atoms with Crippen molar-refractivity contribution in [2.75, 3.05) is 31.2 Å². The van der Waals surface area contributed by atoms with Gasteiger partial charge in [0.25, 0.3) is 0 Å². The Bertz CT molecular complexity index is 967. The van der Waals surface area contributed by atoms with Crippen LogP contribution in [0.1, 0.15) is 35.8 Å². The molecular weight excluding hydrogens is 340 g/mol. The summed E-state index contributed by atoms with van der Waals surface area (Å²) in [4.78, 5) is 17.4. The SMILES string of the molecule is CC(C)c1cccc2c(-c3ccc(N4CCOCC4)cc3)c(C(=O)O)[nH]c12. The van der Waals surface area contributed by atoms with Gasteiger partial charge < -0.3 is 19.7 Å². The van der Waals surface area contributed by atoms with Crippen LogP contribution in [0.3, 0.4) is 0 Å². The highest BCUT2D eigenvalue weighted by Gasteiger charge is 2.21. The maximum atomic E-state index is 11.9. The van der Waals surface area contributed by atoms with E-state index in [1.165, 1.54) is 0 Å². The Balaban J connectivity index is 1.81. The topological polar surface area (TPSA) is 65.6 Å². The first kappa shape index (κ1) is 17.6. The van der Waals surface area contributed by atoms with E-state index < -0.39 is 5.97 Å². The van der Waals surface area contributed by atoms with Gasteiger partial charge in [-0.3, -0.25) is 0 Å². The fourth-order valence-corrected chi connectivity index (χ4v) is 3.84. The van der Waals surface area contributed by atoms with Gasteiger partial charge in [0.15, 0.2) is 0 Å². The Morgan fingerprint density at radius 1 is 1.11 bits per heavy atom. The lowest BCUT2D eigenvalue weighted by Crippen LogP contribution is -2.36. The van der Waals surface area contributed by atoms with Crippen LogP contribution >= 0.6 is 0 Å². The van der Waals surface area contributed by atoms with Gasteiger partial charge in [-0.2, -0.15) is 0 Å². The highest BCUT2D eigenvalue weighted by atomic mass is 16.5. The third kappa shape index (κ3) is 3.19. The molecule has 0 unspecified atom stereocenters. The second-order valence-corrected chi connectivity index (χ2v) is 7.25. The second kappa shape index (κ2) is 7.08. The number of H-pyrrole nitrogens is 1. The number of anilines is 1. The fourth-order valence-electron chi connectivity index (χ4n) is 3.84. The molecule has 2 N–H and O–H groups in total. The quantitative estimate of drug-likeness (QED) is 0.716. The molecule has 1 aliphatic rings. The molecule has 1 aromatic heterocycles. The zero-order valence-corrected chi connectivity index (χ0v) is 15.7. The predicted molar refractivity (Wildman–Crippen MR) is 108 cm³/mol. The minimum absolute atomic E-state index is 0.247. The number of morpholine rings is 1. The van der Waals surface area contributed by atoms with Crippen LogP contribution in [-0.4, -0.2) is 42.4 Å². The van der Waals surface area contributed by atoms with E-state index in [-0.39, 0.29) is 5.69 Å². The summed E-state index contributed by atoms with van der Waals surface area (Å²) < 4.78 is 5.41. The van der Waals surface area contributed by atoms with Crippen molar-refractivity contribution in [3.63, 3.8) is 0 Å². The molecule has 2 heterocycles. The van der Waals surface area contributed by atoms with Gasteiger partial charge in [0.05, 0.1) is 18.7 Å². The number of carbonyl (C=O) groups is 1. The first-order chi connectivity index (χ1) is 13.1. The van der Waals surface area contributed by atoms with Gasteiger partial charge in [-0.1, -0.05) is 44.2 Å². The highest BCUT2D eigenvalue weighted by molar-refractivity contribution is 6.08. The normalized spacial score (nSPS) is 14.9. The van der Waals surface area contributed by atoms with Crippen LogP contribution in [0.5, 0.6) is 0 Å². The van der Waals surface area contributed by atoms with Crippen molar-refractivity contribution in [3.05, 3.63) is 53.7 Å². The highest BCUT2D eigenvalue weighted by Crippen LogP contribution is 2.36. The summed E-state index contributed by atoms with van der Waals surface area (Å²) in [5, 5.41) is 10.7. The number of hydrogen-bond donors (Lipinski definition) is 2. The Morgan fingerprint density at radius 2 is 1.81 bits per heavy atom. The van der Waals surface area contributed by atoms with E-state index in [1.807, 2.05) is 24.3 Å². The number of carboxylic acid groups (broad SMARTS) is 1. The number of aromatic nitrogens is 1. The average molecular weight is 364 g/mol. The molecule has 140 valence electrons. The molecule has 3 aromatic rings. The Hall–Kier alpha value is -2.79. The standard InChI is InChI=1S/C22H24N2O3/c1-14(2)17-4-3-5-18-19(21(22(25)26)23-20(17)18)15-6-8-16(9-7-15)24-10-12-27-13-11-24/h3-9,14,23H,10-13H2,1-2H3,(H,25,26). The van der Waals surface area contributed by atoms with E-state index in [1.54, 1.807) is 0 Å². The van der Waals surface area contributed by atoms with Gasteiger partial charge in [-0.25, -0.2) is 4.79 Å². The molecule has 0 atom stereocenters. The first-order valence-corrected chi connectivity index (χ1v) is 9.37. The van der Waals surface area contributed by atoms with Crippen LogP contribution < -0.4 is 4.90 Å². The number of benzene rings is 2. The van der Waals surface area contributed by atoms with Crippen LogP contribution in [0.15, 0.2) is 42.5 Å². The Morgan fingerprint density at radius 3 is 2.44 bits per heavy atom. The van der Waals surface area contributed by atoms with Crippen LogP contribution in [0.25, 0.3) is 22.0 Å². The molecule has 1 fully saturated rings. The first-order valence-electron chi connectivity index (χ1n) is 9.37. The van der Waals surface area contributed by atoms with Gasteiger partial charge >= 0.3 is 5.97 Å². The lowest BCUT2D eigenvalue weighted by atomic mass is 9.96. The molecule has 0 radical (unpaired) electrons. The summed E-state index contributed by atoms with van der Waals surface area (Å²) in [7, 11) is 0. The van der Waals surface area contributed by atoms with Gasteiger partial charge in [0, 0.05) is 29.7 Å². The summed E-state index contributed by atoms with van der Waals surface area (Å²) in [5.41, 5.74) is 5.10. The number of nitrogens with one attached hydrogen (secondary N) is 1. The summed E-state index contributed by atoms with van der Waals surface area (Å²) >= 11 is 0. The predicted octanol–water partition coefficient (Wildman–Crippen LogP) is 4.49. The molecule has 0 saturated carbocycles. The molecule has 2 aromatic carbocycles. The zero-order valence-electron chi connectivity index (χ0n) is 15.7. The number of rotatable bonds is 4. The van der Waals surface area contributed by atoms with Crippen molar-refractivity contribution < 1.29 is 14.6 Å². The van der Waals surface area contributed by atoms with Gasteiger partial charge in [-0.05, 0) is 29.2 Å². The van der Waals surface area contributed by atoms with E-state index in [0.29, 0.717) is 5.92 Å². The molecule has 1 saturated heterocycles. The molecule has 1 aliphatic heterocycles.